The first-order valence-electron chi connectivity index (χ1n) is 18.0. The molecule has 2 heterocycles. The lowest BCUT2D eigenvalue weighted by Crippen LogP contribution is -2.61. The average molecular weight is 735 g/mol. The van der Waals surface area contributed by atoms with E-state index >= 15 is 0 Å². The molecule has 0 amide bonds. The molecular weight excluding hydrogens is 668 g/mol. The number of ether oxygens (including phenoxy) is 7. The molecular formula is C36H66N2O13. The predicted octanol–water partition coefficient (Wildman–Crippen LogP) is 2.51. The van der Waals surface area contributed by atoms with E-state index in [0.717, 1.165) is 0 Å². The number of aliphatic hydroxyl groups excluding tert-OH is 2. The summed E-state index contributed by atoms with van der Waals surface area (Å²) in [5, 5.41) is 39.6. The Labute approximate surface area is 304 Å². The van der Waals surface area contributed by atoms with Crippen LogP contribution in [0.1, 0.15) is 81.6 Å². The number of hydrogen-bond acceptors (Lipinski definition) is 15. The minimum Gasteiger partial charge on any atom is -0.459 e. The molecule has 0 unspecified atom stereocenters. The lowest BCUT2D eigenvalue weighted by Gasteiger charge is -2.48. The second kappa shape index (κ2) is 19.9. The maximum Gasteiger partial charge on any atom is 0.311 e. The van der Waals surface area contributed by atoms with Gasteiger partial charge in [-0.15, -0.1) is 0 Å². The third kappa shape index (κ3) is 11.5. The molecule has 0 aromatic rings. The number of likely N-dealkylation sites (N-methyl/N-ethyl adjacent to an activating group) is 1. The third-order valence-corrected chi connectivity index (χ3v) is 10.6. The summed E-state index contributed by atoms with van der Waals surface area (Å²) in [4.78, 5) is 33.5. The maximum absolute atomic E-state index is 13.6. The van der Waals surface area contributed by atoms with Crippen molar-refractivity contribution >= 4 is 17.7 Å². The van der Waals surface area contributed by atoms with Gasteiger partial charge >= 0.3 is 11.9 Å². The van der Waals surface area contributed by atoms with Crippen LogP contribution in [0.2, 0.25) is 0 Å². The first-order valence-corrected chi connectivity index (χ1v) is 18.0. The van der Waals surface area contributed by atoms with Crippen molar-refractivity contribution in [3.63, 3.8) is 0 Å². The van der Waals surface area contributed by atoms with Crippen molar-refractivity contribution < 1.29 is 62.9 Å². The molecule has 2 aliphatic rings. The minimum atomic E-state index is -1.90. The largest absolute Gasteiger partial charge is 0.459 e. The second-order valence-corrected chi connectivity index (χ2v) is 14.9. The van der Waals surface area contributed by atoms with E-state index in [-0.39, 0.29) is 38.4 Å². The lowest BCUT2D eigenvalue weighted by atomic mass is 9.73. The summed E-state index contributed by atoms with van der Waals surface area (Å²) in [5.74, 6) is -4.39. The van der Waals surface area contributed by atoms with Crippen LogP contribution in [0.4, 0.5) is 0 Å². The number of hydrogen-bond donors (Lipinski definition) is 3. The van der Waals surface area contributed by atoms with Crippen LogP contribution in [0.25, 0.3) is 0 Å². The number of carbonyl (C=O) groups excluding carboxylic acids is 2. The lowest BCUT2D eigenvalue weighted by molar-refractivity contribution is -0.303. The van der Waals surface area contributed by atoms with Crippen LogP contribution in [0, 0.1) is 23.7 Å². The smallest absolute Gasteiger partial charge is 0.311 e. The molecule has 0 saturated carbocycles. The molecule has 2 fully saturated rings. The van der Waals surface area contributed by atoms with Gasteiger partial charge in [0, 0.05) is 38.9 Å². The highest BCUT2D eigenvalue weighted by Gasteiger charge is 2.52. The quantitative estimate of drug-likeness (QED) is 0.115. The highest BCUT2D eigenvalue weighted by molar-refractivity contribution is 5.88. The monoisotopic (exact) mass is 734 g/mol. The standard InChI is InChI=1S/C36H66N2O13/c1-14-27-36(9,43)31(41)22(4)28(37-47-19-46-16-15-44-12)20(2)18-35(8,45-13)32(23(5)29(40)24(6)33(42)50-27)51-34-30(49-25(7)39)26(38(10)11)17-21(3)48-34/h20-24,26-27,29-32,34,40-41,43H,14-19H2,1-13H3/b37-28-/t20-,21-,22+,23+,24-,26+,27-,29+,30-,31-,32-,34+,35-,36-/m1/s1. The van der Waals surface area contributed by atoms with Gasteiger partial charge in [0.15, 0.2) is 12.4 Å². The molecule has 2 rings (SSSR count). The van der Waals surface area contributed by atoms with Gasteiger partial charge in [-0.2, -0.15) is 0 Å². The normalized spacial score (nSPS) is 41.2. The molecule has 14 atom stereocenters. The number of rotatable bonds is 12. The number of esters is 2. The average Bonchev–Trinajstić information content (AvgIpc) is 3.07. The molecule has 0 radical (unpaired) electrons. The van der Waals surface area contributed by atoms with Crippen LogP contribution < -0.4 is 0 Å². The fourth-order valence-electron chi connectivity index (χ4n) is 7.41. The van der Waals surface area contributed by atoms with E-state index in [0.29, 0.717) is 18.7 Å². The molecule has 0 aliphatic carbocycles. The molecule has 298 valence electrons. The number of aliphatic hydroxyl groups is 3. The van der Waals surface area contributed by atoms with E-state index in [1.165, 1.54) is 21.0 Å². The van der Waals surface area contributed by atoms with E-state index < -0.39 is 83.6 Å². The van der Waals surface area contributed by atoms with Crippen LogP contribution >= 0.6 is 0 Å². The van der Waals surface area contributed by atoms with Gasteiger partial charge < -0.3 is 58.2 Å². The molecule has 2 aliphatic heterocycles. The SMILES string of the molecule is CC[C@H]1OC(=O)[C@H](C)[C@@H](O)[C@H](C)[C@@H](O[C@@H]2O[C@H](C)C[C@H](N(C)C)[C@H]2OC(C)=O)[C@](C)(OC)C[C@@H](C)/C(=N/OCOCCOC)[C@H](C)[C@@H](O)[C@]1(C)O. The van der Waals surface area contributed by atoms with Gasteiger partial charge in [-0.3, -0.25) is 9.59 Å². The topological polar surface area (TPSA) is 184 Å². The molecule has 51 heavy (non-hydrogen) atoms. The van der Waals surface area contributed by atoms with E-state index in [9.17, 15) is 24.9 Å². The molecule has 2 saturated heterocycles. The molecule has 0 aromatic carbocycles. The number of methoxy groups -OCH3 is 2. The van der Waals surface area contributed by atoms with Crippen molar-refractivity contribution in [3.05, 3.63) is 0 Å². The Morgan fingerprint density at radius 1 is 1.06 bits per heavy atom. The van der Waals surface area contributed by atoms with E-state index in [1.54, 1.807) is 34.8 Å². The van der Waals surface area contributed by atoms with Gasteiger partial charge in [0.1, 0.15) is 11.7 Å². The van der Waals surface area contributed by atoms with E-state index in [1.807, 2.05) is 39.8 Å². The fraction of sp³-hybridized carbons (Fsp3) is 0.917. The summed E-state index contributed by atoms with van der Waals surface area (Å²) >= 11 is 0. The molecule has 0 spiro atoms. The molecule has 15 nitrogen and oxygen atoms in total. The van der Waals surface area contributed by atoms with Crippen molar-refractivity contribution in [2.75, 3.05) is 48.3 Å². The van der Waals surface area contributed by atoms with E-state index in [4.69, 9.17) is 38.0 Å². The Morgan fingerprint density at radius 2 is 1.71 bits per heavy atom. The summed E-state index contributed by atoms with van der Waals surface area (Å²) in [5.41, 5.74) is -2.73. The van der Waals surface area contributed by atoms with Crippen LogP contribution in [0.15, 0.2) is 5.16 Å². The van der Waals surface area contributed by atoms with Gasteiger partial charge in [0.2, 0.25) is 6.79 Å². The first-order chi connectivity index (χ1) is 23.8. The van der Waals surface area contributed by atoms with Gasteiger partial charge in [-0.05, 0) is 61.1 Å². The Morgan fingerprint density at radius 3 is 2.25 bits per heavy atom. The van der Waals surface area contributed by atoms with Crippen molar-refractivity contribution in [2.24, 2.45) is 28.8 Å². The summed E-state index contributed by atoms with van der Waals surface area (Å²) in [6.07, 6.45) is -6.03. The number of nitrogens with zero attached hydrogens (tertiary/aromatic N) is 2. The second-order valence-electron chi connectivity index (χ2n) is 14.9. The van der Waals surface area contributed by atoms with Crippen LogP contribution in [0.5, 0.6) is 0 Å². The molecule has 3 N–H and O–H groups in total. The molecule has 0 bridgehead atoms. The predicted molar refractivity (Wildman–Crippen MR) is 188 cm³/mol. The Balaban J connectivity index is 2.74. The Hall–Kier alpha value is -1.95. The first kappa shape index (κ1) is 45.2. The number of carbonyl (C=O) groups is 2. The minimum absolute atomic E-state index is 0.183. The van der Waals surface area contributed by atoms with Crippen molar-refractivity contribution in [2.45, 2.75) is 142 Å². The number of cyclic esters (lactones) is 1. The fourth-order valence-corrected chi connectivity index (χ4v) is 7.41. The van der Waals surface area contributed by atoms with E-state index in [2.05, 4.69) is 5.16 Å². The van der Waals surface area contributed by atoms with Crippen LogP contribution in [0.3, 0.4) is 0 Å². The zero-order valence-electron chi connectivity index (χ0n) is 33.0. The molecule has 15 heteroatoms. The maximum atomic E-state index is 13.6. The van der Waals surface area contributed by atoms with Gasteiger partial charge in [-0.1, -0.05) is 32.9 Å². The van der Waals surface area contributed by atoms with Crippen LogP contribution in [-0.4, -0.2) is 146 Å². The van der Waals surface area contributed by atoms with Crippen molar-refractivity contribution in [1.82, 2.24) is 4.90 Å². The summed E-state index contributed by atoms with van der Waals surface area (Å²) in [6.45, 7) is 15.5. The van der Waals surface area contributed by atoms with Gasteiger partial charge in [0.05, 0.1) is 60.9 Å². The zero-order valence-corrected chi connectivity index (χ0v) is 33.0. The summed E-state index contributed by atoms with van der Waals surface area (Å²) < 4.78 is 41.4. The Kier molecular flexibility index (Phi) is 17.7. The van der Waals surface area contributed by atoms with Crippen LogP contribution in [-0.2, 0) is 47.6 Å². The van der Waals surface area contributed by atoms with Crippen molar-refractivity contribution in [3.8, 4) is 0 Å². The zero-order chi connectivity index (χ0) is 38.8. The summed E-state index contributed by atoms with van der Waals surface area (Å²) in [6, 6.07) is -0.244. The van der Waals surface area contributed by atoms with Crippen molar-refractivity contribution in [1.29, 1.82) is 0 Å². The van der Waals surface area contributed by atoms with Gasteiger partial charge in [0.25, 0.3) is 0 Å². The Bertz CT molecular complexity index is 1120. The third-order valence-electron chi connectivity index (χ3n) is 10.6. The number of oxime groups is 1. The summed E-state index contributed by atoms with van der Waals surface area (Å²) in [7, 11) is 6.85. The van der Waals surface area contributed by atoms with Gasteiger partial charge in [-0.25, -0.2) is 0 Å². The highest BCUT2D eigenvalue weighted by atomic mass is 16.7. The highest BCUT2D eigenvalue weighted by Crippen LogP contribution is 2.40. The molecule has 0 aromatic heterocycles.